The number of nitrogens with zero attached hydrogens (tertiary/aromatic N) is 12. The van der Waals surface area contributed by atoms with Crippen LogP contribution in [0.3, 0.4) is 0 Å². The SMILES string of the molecule is c1ccc(-c2nc(-c3ccccc3)nc(-c3cccc(-c4ccc(-c5ccccn5)cc4)c3)n2)cc1.c1ccc(-c2nc(-c3ccccc3)nc(-c3cccc(-c4cccc(-c5ccccn5)c4)c3)n2)cc1.c1ccc(-c2nc(-c3ccccc3)nc(-c3cccc(-c4cccc(-c5cccnc5)c4)c3)n2)cc1. The first-order valence-corrected chi connectivity index (χ1v) is 35.5. The van der Waals surface area contributed by atoms with E-state index in [2.05, 4.69) is 136 Å². The molecule has 12 heteroatoms. The van der Waals surface area contributed by atoms with Crippen LogP contribution in [0.2, 0.25) is 0 Å². The average Bonchev–Trinajstić information content (AvgIpc) is 0.804. The third-order valence-corrected chi connectivity index (χ3v) is 18.0. The van der Waals surface area contributed by atoms with E-state index < -0.39 is 0 Å². The van der Waals surface area contributed by atoms with Gasteiger partial charge in [0.2, 0.25) is 0 Å². The van der Waals surface area contributed by atoms with Crippen molar-refractivity contribution in [3.8, 4) is 170 Å². The Morgan fingerprint density at radius 3 is 0.648 bits per heavy atom. The van der Waals surface area contributed by atoms with Crippen molar-refractivity contribution in [1.82, 2.24) is 59.8 Å². The highest BCUT2D eigenvalue weighted by molar-refractivity contribution is 5.80. The van der Waals surface area contributed by atoms with Gasteiger partial charge in [-0.2, -0.15) is 0 Å². The van der Waals surface area contributed by atoms with E-state index in [0.29, 0.717) is 52.4 Å². The fourth-order valence-corrected chi connectivity index (χ4v) is 12.5. The summed E-state index contributed by atoms with van der Waals surface area (Å²) in [5.74, 6) is 5.87. The minimum absolute atomic E-state index is 0.644. The van der Waals surface area contributed by atoms with Gasteiger partial charge in [-0.15, -0.1) is 0 Å². The molecule has 0 aliphatic heterocycles. The van der Waals surface area contributed by atoms with E-state index in [1.165, 1.54) is 0 Å². The highest BCUT2D eigenvalue weighted by Crippen LogP contribution is 2.35. The molecule has 0 spiro atoms. The molecule has 0 unspecified atom stereocenters. The van der Waals surface area contributed by atoms with Crippen LogP contribution in [0.15, 0.2) is 401 Å². The number of aromatic nitrogens is 12. The number of hydrogen-bond donors (Lipinski definition) is 0. The number of rotatable bonds is 15. The van der Waals surface area contributed by atoms with Crippen LogP contribution in [0, 0.1) is 0 Å². The first-order chi connectivity index (χ1) is 53.5. The zero-order valence-electron chi connectivity index (χ0n) is 58.5. The summed E-state index contributed by atoms with van der Waals surface area (Å²) >= 11 is 0. The molecule has 0 bridgehead atoms. The third-order valence-electron chi connectivity index (χ3n) is 18.0. The summed E-state index contributed by atoms with van der Waals surface area (Å²) < 4.78 is 0. The van der Waals surface area contributed by atoms with Gasteiger partial charge in [0, 0.05) is 91.5 Å². The second-order valence-corrected chi connectivity index (χ2v) is 25.3. The van der Waals surface area contributed by atoms with Crippen LogP contribution in [-0.2, 0) is 0 Å². The van der Waals surface area contributed by atoms with Gasteiger partial charge < -0.3 is 0 Å². The molecule has 18 aromatic rings. The largest absolute Gasteiger partial charge is 0.264 e. The topological polar surface area (TPSA) is 155 Å². The molecule has 0 fully saturated rings. The summed E-state index contributed by atoms with van der Waals surface area (Å²) in [6.45, 7) is 0. The third kappa shape index (κ3) is 16.3. The molecule has 0 aliphatic carbocycles. The van der Waals surface area contributed by atoms with Gasteiger partial charge in [0.15, 0.2) is 52.4 Å². The molecule has 0 amide bonds. The maximum atomic E-state index is 4.87. The summed E-state index contributed by atoms with van der Waals surface area (Å²) in [5.41, 5.74) is 21.5. The lowest BCUT2D eigenvalue weighted by atomic mass is 9.98. The van der Waals surface area contributed by atoms with Crippen LogP contribution in [0.4, 0.5) is 0 Å². The quantitative estimate of drug-likeness (QED) is 0.0959. The molecule has 0 N–H and O–H groups in total. The molecule has 0 saturated carbocycles. The van der Waals surface area contributed by atoms with Crippen molar-refractivity contribution in [2.24, 2.45) is 0 Å². The minimum Gasteiger partial charge on any atom is -0.264 e. The molecule has 18 rings (SSSR count). The Bertz CT molecular complexity index is 5590. The second kappa shape index (κ2) is 32.6. The van der Waals surface area contributed by atoms with Crippen LogP contribution in [-0.4, -0.2) is 59.8 Å². The Hall–Kier alpha value is -14.9. The van der Waals surface area contributed by atoms with Crippen molar-refractivity contribution in [3.05, 3.63) is 401 Å². The van der Waals surface area contributed by atoms with E-state index in [0.717, 1.165) is 117 Å². The predicted octanol–water partition coefficient (Wildman–Crippen LogP) is 22.8. The van der Waals surface area contributed by atoms with Crippen LogP contribution in [0.1, 0.15) is 0 Å². The summed E-state index contributed by atoms with van der Waals surface area (Å²) in [6, 6.07) is 127. The van der Waals surface area contributed by atoms with Crippen LogP contribution >= 0.6 is 0 Å². The normalized spacial score (nSPS) is 10.8. The van der Waals surface area contributed by atoms with Gasteiger partial charge >= 0.3 is 0 Å². The molecule has 510 valence electrons. The zero-order chi connectivity index (χ0) is 72.5. The van der Waals surface area contributed by atoms with Gasteiger partial charge in [0.25, 0.3) is 0 Å². The van der Waals surface area contributed by atoms with Crippen molar-refractivity contribution < 1.29 is 0 Å². The van der Waals surface area contributed by atoms with Crippen LogP contribution in [0.25, 0.3) is 170 Å². The van der Waals surface area contributed by atoms with Gasteiger partial charge in [-0.25, -0.2) is 44.9 Å². The predicted molar refractivity (Wildman–Crippen MR) is 434 cm³/mol. The van der Waals surface area contributed by atoms with Crippen LogP contribution in [0.5, 0.6) is 0 Å². The highest BCUT2D eigenvalue weighted by Gasteiger charge is 2.18. The van der Waals surface area contributed by atoms with E-state index in [1.807, 2.05) is 273 Å². The molecular weight excluding hydrogens is 1320 g/mol. The van der Waals surface area contributed by atoms with Gasteiger partial charge in [0.05, 0.1) is 11.4 Å². The number of pyridine rings is 3. The number of hydrogen-bond acceptors (Lipinski definition) is 12. The Kier molecular flexibility index (Phi) is 20.4. The maximum Gasteiger partial charge on any atom is 0.164 e. The van der Waals surface area contributed by atoms with E-state index in [1.54, 1.807) is 6.20 Å². The Morgan fingerprint density at radius 1 is 0.130 bits per heavy atom. The van der Waals surface area contributed by atoms with Crippen molar-refractivity contribution in [2.45, 2.75) is 0 Å². The maximum absolute atomic E-state index is 4.87. The Balaban J connectivity index is 0.000000124. The number of benzene rings is 12. The molecule has 0 atom stereocenters. The Labute approximate surface area is 626 Å². The fourth-order valence-electron chi connectivity index (χ4n) is 12.5. The van der Waals surface area contributed by atoms with E-state index in [9.17, 15) is 0 Å². The standard InChI is InChI=1S/3C32H22N4/c1-3-10-23(11-4-1)30-34-31(24-12-5-2-6-13-24)36-32(35-30)28-17-8-15-26(21-28)25-14-7-16-27(20-25)29-18-9-19-33-22-29;1-3-11-23(12-4-1)30-34-31(24-13-5-2-6-14-24)36-32(35-30)28-18-10-16-26(22-28)25-15-9-17-27(21-25)29-19-7-8-20-33-29;1-3-10-25(11-4-1)30-34-31(26-12-5-2-6-13-26)36-32(35-30)28-15-9-14-27(22-28)23-17-19-24(20-18-23)29-16-7-8-21-33-29/h3*1-22H. The van der Waals surface area contributed by atoms with Crippen molar-refractivity contribution in [1.29, 1.82) is 0 Å². The molecule has 6 heterocycles. The average molecular weight is 1390 g/mol. The summed E-state index contributed by atoms with van der Waals surface area (Å²) in [7, 11) is 0. The van der Waals surface area contributed by atoms with Gasteiger partial charge in [-0.1, -0.05) is 315 Å². The van der Waals surface area contributed by atoms with Gasteiger partial charge in [-0.3, -0.25) is 15.0 Å². The van der Waals surface area contributed by atoms with Gasteiger partial charge in [0.1, 0.15) is 0 Å². The van der Waals surface area contributed by atoms with E-state index in [-0.39, 0.29) is 0 Å². The molecule has 0 radical (unpaired) electrons. The molecule has 0 saturated heterocycles. The molecule has 108 heavy (non-hydrogen) atoms. The zero-order valence-corrected chi connectivity index (χ0v) is 58.5. The lowest BCUT2D eigenvalue weighted by Gasteiger charge is -2.10. The first-order valence-electron chi connectivity index (χ1n) is 35.5. The monoisotopic (exact) mass is 1390 g/mol. The van der Waals surface area contributed by atoms with E-state index >= 15 is 0 Å². The highest BCUT2D eigenvalue weighted by atomic mass is 15.1. The summed E-state index contributed by atoms with van der Waals surface area (Å²) in [6.07, 6.45) is 7.31. The first kappa shape index (κ1) is 67.6. The second-order valence-electron chi connectivity index (χ2n) is 25.3. The molecule has 12 aromatic carbocycles. The van der Waals surface area contributed by atoms with Crippen molar-refractivity contribution >= 4 is 0 Å². The smallest absolute Gasteiger partial charge is 0.164 e. The van der Waals surface area contributed by atoms with Crippen LogP contribution < -0.4 is 0 Å². The molecule has 0 aliphatic rings. The summed E-state index contributed by atoms with van der Waals surface area (Å²) in [5, 5.41) is 0. The lowest BCUT2D eigenvalue weighted by molar-refractivity contribution is 1.07. The van der Waals surface area contributed by atoms with Gasteiger partial charge in [-0.05, 0) is 99.6 Å². The fraction of sp³-hybridized carbons (Fsp3) is 0. The molecular formula is C96H66N12. The van der Waals surface area contributed by atoms with Crippen molar-refractivity contribution in [2.75, 3.05) is 0 Å². The molecule has 12 nitrogen and oxygen atoms in total. The van der Waals surface area contributed by atoms with Crippen molar-refractivity contribution in [3.63, 3.8) is 0 Å². The lowest BCUT2D eigenvalue weighted by Crippen LogP contribution is -2.00. The molecule has 6 aromatic heterocycles. The van der Waals surface area contributed by atoms with E-state index in [4.69, 9.17) is 44.9 Å². The Morgan fingerprint density at radius 2 is 0.352 bits per heavy atom. The summed E-state index contributed by atoms with van der Waals surface area (Å²) in [4.78, 5) is 56.8. The minimum atomic E-state index is 0.644.